The minimum Gasteiger partial charge on any atom is -0.329 e. The molecule has 1 aliphatic heterocycles. The van der Waals surface area contributed by atoms with E-state index in [2.05, 4.69) is 45.7 Å². The summed E-state index contributed by atoms with van der Waals surface area (Å²) >= 11 is 0. The summed E-state index contributed by atoms with van der Waals surface area (Å²) in [7, 11) is 2.01. The van der Waals surface area contributed by atoms with Crippen LogP contribution in [0.25, 0.3) is 0 Å². The normalized spacial score (nSPS) is 25.5. The van der Waals surface area contributed by atoms with Crippen molar-refractivity contribution in [1.29, 1.82) is 0 Å². The van der Waals surface area contributed by atoms with Crippen molar-refractivity contribution in [2.75, 3.05) is 6.54 Å². The lowest BCUT2D eigenvalue weighted by atomic mass is 9.87. The third-order valence-corrected chi connectivity index (χ3v) is 4.83. The molecule has 0 spiro atoms. The molecule has 0 amide bonds. The van der Waals surface area contributed by atoms with Crippen molar-refractivity contribution in [2.24, 2.45) is 12.8 Å². The van der Waals surface area contributed by atoms with Crippen molar-refractivity contribution < 1.29 is 0 Å². The van der Waals surface area contributed by atoms with E-state index in [9.17, 15) is 0 Å². The minimum atomic E-state index is 0.0503. The molecule has 4 nitrogen and oxygen atoms in total. The molecule has 0 aliphatic carbocycles. The maximum absolute atomic E-state index is 6.21. The second kappa shape index (κ2) is 6.09. The van der Waals surface area contributed by atoms with Gasteiger partial charge >= 0.3 is 0 Å². The summed E-state index contributed by atoms with van der Waals surface area (Å²) in [4.78, 5) is 2.65. The zero-order valence-electron chi connectivity index (χ0n) is 14.6. The largest absolute Gasteiger partial charge is 0.329 e. The number of aromatic nitrogens is 2. The Kier molecular flexibility index (Phi) is 4.79. The van der Waals surface area contributed by atoms with Crippen LogP contribution in [0.2, 0.25) is 0 Å². The molecule has 3 unspecified atom stereocenters. The first-order valence-electron chi connectivity index (χ1n) is 8.31. The molecule has 1 aliphatic rings. The molecule has 120 valence electrons. The maximum atomic E-state index is 6.21. The average Bonchev–Trinajstić information content (AvgIpc) is 2.95. The lowest BCUT2D eigenvalue weighted by molar-refractivity contribution is 0.135. The second-order valence-electron chi connectivity index (χ2n) is 7.54. The summed E-state index contributed by atoms with van der Waals surface area (Å²) in [5, 5.41) is 4.73. The third kappa shape index (κ3) is 3.16. The number of hydrogen-bond donors (Lipinski definition) is 1. The van der Waals surface area contributed by atoms with Crippen molar-refractivity contribution in [1.82, 2.24) is 14.7 Å². The molecule has 2 heterocycles. The first kappa shape index (κ1) is 16.5. The fourth-order valence-corrected chi connectivity index (χ4v) is 3.81. The van der Waals surface area contributed by atoms with Crippen molar-refractivity contribution in [3.05, 3.63) is 17.5 Å². The Morgan fingerprint density at radius 3 is 2.57 bits per heavy atom. The average molecular weight is 292 g/mol. The predicted octanol–water partition coefficient (Wildman–Crippen LogP) is 2.98. The smallest absolute Gasteiger partial charge is 0.0726 e. The van der Waals surface area contributed by atoms with E-state index in [4.69, 9.17) is 10.8 Å². The molecule has 4 heteroatoms. The van der Waals surface area contributed by atoms with Crippen LogP contribution in [-0.4, -0.2) is 33.3 Å². The summed E-state index contributed by atoms with van der Waals surface area (Å²) in [6.07, 6.45) is 5.95. The Bertz CT molecular complexity index is 472. The van der Waals surface area contributed by atoms with E-state index in [1.54, 1.807) is 0 Å². The molecule has 1 fully saturated rings. The van der Waals surface area contributed by atoms with Gasteiger partial charge in [0.05, 0.1) is 11.7 Å². The van der Waals surface area contributed by atoms with E-state index in [-0.39, 0.29) is 11.5 Å². The van der Waals surface area contributed by atoms with Crippen LogP contribution in [0.1, 0.15) is 71.2 Å². The zero-order valence-corrected chi connectivity index (χ0v) is 14.6. The molecule has 3 atom stereocenters. The first-order valence-corrected chi connectivity index (χ1v) is 8.31. The van der Waals surface area contributed by atoms with E-state index in [1.165, 1.54) is 30.5 Å². The Hall–Kier alpha value is -0.870. The van der Waals surface area contributed by atoms with Crippen LogP contribution in [0.15, 0.2) is 6.20 Å². The van der Waals surface area contributed by atoms with Crippen LogP contribution in [-0.2, 0) is 12.5 Å². The van der Waals surface area contributed by atoms with Gasteiger partial charge in [0.25, 0.3) is 0 Å². The number of nitrogens with zero attached hydrogens (tertiary/aromatic N) is 3. The van der Waals surface area contributed by atoms with Crippen molar-refractivity contribution in [2.45, 2.75) is 77.4 Å². The second-order valence-corrected chi connectivity index (χ2v) is 7.54. The van der Waals surface area contributed by atoms with Gasteiger partial charge in [-0.05, 0) is 26.2 Å². The molecule has 0 aromatic carbocycles. The summed E-state index contributed by atoms with van der Waals surface area (Å²) in [6, 6.07) is 1.55. The van der Waals surface area contributed by atoms with Crippen molar-refractivity contribution in [3.63, 3.8) is 0 Å². The van der Waals surface area contributed by atoms with Crippen LogP contribution < -0.4 is 5.73 Å². The van der Waals surface area contributed by atoms with Gasteiger partial charge in [-0.1, -0.05) is 27.7 Å². The first-order chi connectivity index (χ1) is 9.79. The Balaban J connectivity index is 2.42. The molecule has 1 aromatic rings. The van der Waals surface area contributed by atoms with Gasteiger partial charge < -0.3 is 5.73 Å². The number of rotatable bonds is 4. The van der Waals surface area contributed by atoms with Gasteiger partial charge in [-0.25, -0.2) is 0 Å². The highest BCUT2D eigenvalue weighted by Gasteiger charge is 2.37. The fraction of sp³-hybridized carbons (Fsp3) is 0.824. The maximum Gasteiger partial charge on any atom is 0.0726 e. The standard InChI is InChI=1S/C17H32N4/c1-7-13-9-8-12(2)21(13)15(10-18)14-11-20(6)19-16(14)17(3,4)5/h11-13,15H,7-10,18H2,1-6H3. The van der Waals surface area contributed by atoms with Crippen molar-refractivity contribution >= 4 is 0 Å². The molecule has 2 rings (SSSR count). The van der Waals surface area contributed by atoms with Gasteiger partial charge in [0.15, 0.2) is 0 Å². The molecule has 1 aromatic heterocycles. The monoisotopic (exact) mass is 292 g/mol. The highest BCUT2D eigenvalue weighted by Crippen LogP contribution is 2.38. The lowest BCUT2D eigenvalue weighted by Gasteiger charge is -2.36. The van der Waals surface area contributed by atoms with Gasteiger partial charge in [-0.15, -0.1) is 0 Å². The predicted molar refractivity (Wildman–Crippen MR) is 88.3 cm³/mol. The zero-order chi connectivity index (χ0) is 15.8. The SMILES string of the molecule is CCC1CCC(C)N1C(CN)c1cn(C)nc1C(C)(C)C. The van der Waals surface area contributed by atoms with E-state index in [0.717, 1.165) is 0 Å². The summed E-state index contributed by atoms with van der Waals surface area (Å²) in [5.74, 6) is 0. The molecular formula is C17H32N4. The Morgan fingerprint density at radius 2 is 2.05 bits per heavy atom. The van der Waals surface area contributed by atoms with Crippen LogP contribution >= 0.6 is 0 Å². The molecule has 1 saturated heterocycles. The van der Waals surface area contributed by atoms with Gasteiger partial charge in [-0.2, -0.15) is 5.10 Å². The molecule has 21 heavy (non-hydrogen) atoms. The summed E-state index contributed by atoms with van der Waals surface area (Å²) in [5.41, 5.74) is 8.77. The van der Waals surface area contributed by atoms with Crippen molar-refractivity contribution in [3.8, 4) is 0 Å². The lowest BCUT2D eigenvalue weighted by Crippen LogP contribution is -2.41. The third-order valence-electron chi connectivity index (χ3n) is 4.83. The Labute approximate surface area is 129 Å². The quantitative estimate of drug-likeness (QED) is 0.928. The Morgan fingerprint density at radius 1 is 1.38 bits per heavy atom. The van der Waals surface area contributed by atoms with Crippen LogP contribution in [0.3, 0.4) is 0 Å². The topological polar surface area (TPSA) is 47.1 Å². The van der Waals surface area contributed by atoms with Gasteiger partial charge in [0, 0.05) is 42.9 Å². The van der Waals surface area contributed by atoms with Gasteiger partial charge in [0.1, 0.15) is 0 Å². The van der Waals surface area contributed by atoms with Gasteiger partial charge in [-0.3, -0.25) is 9.58 Å². The molecule has 0 saturated carbocycles. The molecule has 2 N–H and O–H groups in total. The number of hydrogen-bond acceptors (Lipinski definition) is 3. The van der Waals surface area contributed by atoms with Crippen LogP contribution in [0.4, 0.5) is 0 Å². The number of aryl methyl sites for hydroxylation is 1. The molecular weight excluding hydrogens is 260 g/mol. The highest BCUT2D eigenvalue weighted by molar-refractivity contribution is 5.28. The summed E-state index contributed by atoms with van der Waals surface area (Å²) < 4.78 is 1.94. The molecule has 0 radical (unpaired) electrons. The van der Waals surface area contributed by atoms with Gasteiger partial charge in [0.2, 0.25) is 0 Å². The van der Waals surface area contributed by atoms with Crippen LogP contribution in [0.5, 0.6) is 0 Å². The van der Waals surface area contributed by atoms with Crippen LogP contribution in [0, 0.1) is 0 Å². The van der Waals surface area contributed by atoms with E-state index in [1.807, 2.05) is 11.7 Å². The number of likely N-dealkylation sites (tertiary alicyclic amines) is 1. The van der Waals surface area contributed by atoms with E-state index in [0.29, 0.717) is 18.6 Å². The fourth-order valence-electron chi connectivity index (χ4n) is 3.81. The van der Waals surface area contributed by atoms with E-state index >= 15 is 0 Å². The summed E-state index contributed by atoms with van der Waals surface area (Å²) in [6.45, 7) is 12.0. The highest BCUT2D eigenvalue weighted by atomic mass is 15.3. The minimum absolute atomic E-state index is 0.0503. The van der Waals surface area contributed by atoms with E-state index < -0.39 is 0 Å². The molecule has 0 bridgehead atoms. The number of nitrogens with two attached hydrogens (primary N) is 1.